The van der Waals surface area contributed by atoms with Crippen LogP contribution in [0.15, 0.2) is 24.3 Å². The van der Waals surface area contributed by atoms with Gasteiger partial charge < -0.3 is 10.6 Å². The van der Waals surface area contributed by atoms with Crippen molar-refractivity contribution in [1.29, 1.82) is 0 Å². The molecule has 1 aliphatic heterocycles. The van der Waals surface area contributed by atoms with Crippen LogP contribution < -0.4 is 15.4 Å². The fourth-order valence-electron chi connectivity index (χ4n) is 2.21. The number of piperidine rings is 1. The predicted molar refractivity (Wildman–Crippen MR) is 79.0 cm³/mol. The summed E-state index contributed by atoms with van der Waals surface area (Å²) in [7, 11) is -3.20. The van der Waals surface area contributed by atoms with Crippen molar-refractivity contribution in [1.82, 2.24) is 5.32 Å². The monoisotopic (exact) mass is 283 g/mol. The molecule has 1 fully saturated rings. The van der Waals surface area contributed by atoms with E-state index < -0.39 is 10.0 Å². The van der Waals surface area contributed by atoms with Crippen LogP contribution in [-0.4, -0.2) is 33.8 Å². The average Bonchev–Trinajstić information content (AvgIpc) is 2.37. The summed E-state index contributed by atoms with van der Waals surface area (Å²) < 4.78 is 24.6. The first-order valence-electron chi connectivity index (χ1n) is 6.58. The average molecular weight is 283 g/mol. The highest BCUT2D eigenvalue weighted by molar-refractivity contribution is 7.92. The van der Waals surface area contributed by atoms with Gasteiger partial charge in [-0.15, -0.1) is 0 Å². The third-order valence-corrected chi connectivity index (χ3v) is 3.76. The second-order valence-corrected chi connectivity index (χ2v) is 6.73. The molecule has 6 heteroatoms. The Morgan fingerprint density at radius 2 is 1.89 bits per heavy atom. The molecule has 0 spiro atoms. The summed E-state index contributed by atoms with van der Waals surface area (Å²) >= 11 is 0. The Morgan fingerprint density at radius 3 is 2.47 bits per heavy atom. The molecule has 0 aliphatic carbocycles. The molecule has 1 saturated heterocycles. The van der Waals surface area contributed by atoms with E-state index in [1.807, 2.05) is 12.1 Å². The zero-order chi connectivity index (χ0) is 13.7. The first-order valence-corrected chi connectivity index (χ1v) is 8.47. The molecule has 0 aromatic heterocycles. The quantitative estimate of drug-likeness (QED) is 0.768. The molecular formula is C13H21N3O2S. The van der Waals surface area contributed by atoms with Crippen LogP contribution in [0.5, 0.6) is 0 Å². The molecule has 106 valence electrons. The van der Waals surface area contributed by atoms with Crippen LogP contribution in [0.4, 0.5) is 11.4 Å². The van der Waals surface area contributed by atoms with Crippen molar-refractivity contribution >= 4 is 21.4 Å². The largest absolute Gasteiger partial charge is 0.383 e. The van der Waals surface area contributed by atoms with Crippen LogP contribution in [0.1, 0.15) is 19.3 Å². The number of sulfonamides is 1. The molecule has 0 amide bonds. The zero-order valence-electron chi connectivity index (χ0n) is 11.1. The van der Waals surface area contributed by atoms with Crippen molar-refractivity contribution in [3.63, 3.8) is 0 Å². The Balaban J connectivity index is 1.84. The maximum atomic E-state index is 11.1. The lowest BCUT2D eigenvalue weighted by molar-refractivity contribution is 0.414. The van der Waals surface area contributed by atoms with Gasteiger partial charge in [-0.3, -0.25) is 4.72 Å². The summed E-state index contributed by atoms with van der Waals surface area (Å²) in [5, 5.41) is 6.84. The molecule has 0 radical (unpaired) electrons. The number of nitrogens with one attached hydrogen (secondary N) is 3. The minimum Gasteiger partial charge on any atom is -0.383 e. The Hall–Kier alpha value is -1.27. The molecule has 1 unspecified atom stereocenters. The number of rotatable bonds is 5. The number of benzene rings is 1. The van der Waals surface area contributed by atoms with Gasteiger partial charge in [-0.1, -0.05) is 6.42 Å². The molecular weight excluding hydrogens is 262 g/mol. The third-order valence-electron chi connectivity index (χ3n) is 3.15. The van der Waals surface area contributed by atoms with Crippen molar-refractivity contribution in [3.05, 3.63) is 24.3 Å². The highest BCUT2D eigenvalue weighted by atomic mass is 32.2. The van der Waals surface area contributed by atoms with Gasteiger partial charge >= 0.3 is 0 Å². The van der Waals surface area contributed by atoms with Crippen molar-refractivity contribution in [2.75, 3.05) is 29.4 Å². The molecule has 19 heavy (non-hydrogen) atoms. The summed E-state index contributed by atoms with van der Waals surface area (Å²) in [6.07, 6.45) is 4.91. The maximum Gasteiger partial charge on any atom is 0.229 e. The van der Waals surface area contributed by atoms with E-state index in [1.165, 1.54) is 19.3 Å². The van der Waals surface area contributed by atoms with Gasteiger partial charge in [0, 0.05) is 24.0 Å². The Bertz CT molecular complexity index is 493. The minimum absolute atomic E-state index is 0.530. The second kappa shape index (κ2) is 6.25. The van der Waals surface area contributed by atoms with E-state index in [1.54, 1.807) is 12.1 Å². The van der Waals surface area contributed by atoms with Gasteiger partial charge in [-0.2, -0.15) is 0 Å². The Kier molecular flexibility index (Phi) is 4.66. The highest BCUT2D eigenvalue weighted by Crippen LogP contribution is 2.15. The lowest BCUT2D eigenvalue weighted by Crippen LogP contribution is -2.39. The van der Waals surface area contributed by atoms with E-state index in [-0.39, 0.29) is 0 Å². The van der Waals surface area contributed by atoms with Gasteiger partial charge in [0.05, 0.1) is 6.26 Å². The molecule has 3 N–H and O–H groups in total. The smallest absolute Gasteiger partial charge is 0.229 e. The third kappa shape index (κ3) is 5.08. The Morgan fingerprint density at radius 1 is 1.21 bits per heavy atom. The van der Waals surface area contributed by atoms with Gasteiger partial charge in [-0.25, -0.2) is 8.42 Å². The van der Waals surface area contributed by atoms with Crippen molar-refractivity contribution < 1.29 is 8.42 Å². The van der Waals surface area contributed by atoms with Crippen LogP contribution >= 0.6 is 0 Å². The van der Waals surface area contributed by atoms with Crippen LogP contribution in [-0.2, 0) is 10.0 Å². The first-order chi connectivity index (χ1) is 9.03. The van der Waals surface area contributed by atoms with Gasteiger partial charge in [0.1, 0.15) is 0 Å². The highest BCUT2D eigenvalue weighted by Gasteiger charge is 2.11. The van der Waals surface area contributed by atoms with Crippen LogP contribution in [0, 0.1) is 0 Å². The number of anilines is 2. The topological polar surface area (TPSA) is 70.2 Å². The molecule has 0 bridgehead atoms. The van der Waals surface area contributed by atoms with Crippen molar-refractivity contribution in [3.8, 4) is 0 Å². The van der Waals surface area contributed by atoms with E-state index >= 15 is 0 Å². The van der Waals surface area contributed by atoms with Crippen LogP contribution in [0.25, 0.3) is 0 Å². The van der Waals surface area contributed by atoms with Gasteiger partial charge in [0.15, 0.2) is 0 Å². The zero-order valence-corrected chi connectivity index (χ0v) is 12.0. The normalized spacial score (nSPS) is 19.9. The van der Waals surface area contributed by atoms with Crippen LogP contribution in [0.3, 0.4) is 0 Å². The number of hydrogen-bond acceptors (Lipinski definition) is 4. The van der Waals surface area contributed by atoms with E-state index in [4.69, 9.17) is 0 Å². The minimum atomic E-state index is -3.20. The standard InChI is InChI=1S/C13H21N3O2S/c1-19(17,18)16-12-7-5-11(6-8-12)15-10-13-4-2-3-9-14-13/h5-8,13-16H,2-4,9-10H2,1H3. The first kappa shape index (κ1) is 14.1. The van der Waals surface area contributed by atoms with Crippen LogP contribution in [0.2, 0.25) is 0 Å². The predicted octanol–water partition coefficient (Wildman–Crippen LogP) is 1.61. The molecule has 1 heterocycles. The maximum absolute atomic E-state index is 11.1. The summed E-state index contributed by atoms with van der Waals surface area (Å²) in [6, 6.07) is 7.82. The lowest BCUT2D eigenvalue weighted by atomic mass is 10.1. The number of hydrogen-bond donors (Lipinski definition) is 3. The summed E-state index contributed by atoms with van der Waals surface area (Å²) in [6.45, 7) is 2.00. The van der Waals surface area contributed by atoms with E-state index in [9.17, 15) is 8.42 Å². The fraction of sp³-hybridized carbons (Fsp3) is 0.538. The van der Waals surface area contributed by atoms with Gasteiger partial charge in [0.25, 0.3) is 0 Å². The Labute approximate surface area is 114 Å². The van der Waals surface area contributed by atoms with Crippen molar-refractivity contribution in [2.45, 2.75) is 25.3 Å². The second-order valence-electron chi connectivity index (χ2n) is 4.98. The molecule has 1 aromatic carbocycles. The van der Waals surface area contributed by atoms with Gasteiger partial charge in [-0.05, 0) is 43.7 Å². The van der Waals surface area contributed by atoms with E-state index in [0.29, 0.717) is 11.7 Å². The molecule has 1 aliphatic rings. The summed E-state index contributed by atoms with van der Waals surface area (Å²) in [5.74, 6) is 0. The molecule has 0 saturated carbocycles. The summed E-state index contributed by atoms with van der Waals surface area (Å²) in [5.41, 5.74) is 1.59. The molecule has 1 aromatic rings. The SMILES string of the molecule is CS(=O)(=O)Nc1ccc(NCC2CCCCN2)cc1. The fourth-order valence-corrected chi connectivity index (χ4v) is 2.77. The van der Waals surface area contributed by atoms with E-state index in [2.05, 4.69) is 15.4 Å². The lowest BCUT2D eigenvalue weighted by Gasteiger charge is -2.24. The molecule has 2 rings (SSSR count). The summed E-state index contributed by atoms with van der Waals surface area (Å²) in [4.78, 5) is 0. The van der Waals surface area contributed by atoms with Gasteiger partial charge in [0.2, 0.25) is 10.0 Å². The van der Waals surface area contributed by atoms with Crippen molar-refractivity contribution in [2.24, 2.45) is 0 Å². The molecule has 5 nitrogen and oxygen atoms in total. The van der Waals surface area contributed by atoms with E-state index in [0.717, 1.165) is 25.0 Å². The molecule has 1 atom stereocenters.